The molecule has 0 saturated heterocycles. The molecule has 9 heteroatoms. The molecular formula is C24H21Br2N3O4. The smallest absolute Gasteiger partial charge is 0.249 e. The van der Waals surface area contributed by atoms with E-state index in [9.17, 15) is 9.59 Å². The van der Waals surface area contributed by atoms with Crippen LogP contribution in [0.2, 0.25) is 0 Å². The van der Waals surface area contributed by atoms with Gasteiger partial charge >= 0.3 is 0 Å². The summed E-state index contributed by atoms with van der Waals surface area (Å²) >= 11 is 6.89. The number of hydrogen-bond acceptors (Lipinski definition) is 5. The number of amides is 2. The van der Waals surface area contributed by atoms with Crippen LogP contribution in [0.25, 0.3) is 0 Å². The fourth-order valence-corrected chi connectivity index (χ4v) is 3.54. The van der Waals surface area contributed by atoms with Crippen molar-refractivity contribution in [2.45, 2.75) is 13.0 Å². The van der Waals surface area contributed by atoms with Crippen molar-refractivity contribution in [3.05, 3.63) is 86.8 Å². The molecular weight excluding hydrogens is 554 g/mol. The normalized spacial score (nSPS) is 10.6. The van der Waals surface area contributed by atoms with E-state index < -0.39 is 11.8 Å². The average Bonchev–Trinajstić information content (AvgIpc) is 2.80. The molecule has 0 heterocycles. The first-order chi connectivity index (χ1) is 15.9. The highest BCUT2D eigenvalue weighted by molar-refractivity contribution is 9.10. The van der Waals surface area contributed by atoms with Gasteiger partial charge in [-0.3, -0.25) is 9.59 Å². The zero-order chi connectivity index (χ0) is 23.6. The van der Waals surface area contributed by atoms with Crippen molar-refractivity contribution < 1.29 is 19.1 Å². The molecule has 0 atom stereocenters. The Bertz CT molecular complexity index is 1150. The van der Waals surface area contributed by atoms with Gasteiger partial charge in [0.25, 0.3) is 0 Å². The maximum atomic E-state index is 12.1. The average molecular weight is 575 g/mol. The molecule has 3 aromatic carbocycles. The Morgan fingerprint density at radius 2 is 1.73 bits per heavy atom. The van der Waals surface area contributed by atoms with E-state index in [1.165, 1.54) is 13.3 Å². The van der Waals surface area contributed by atoms with E-state index in [4.69, 9.17) is 9.47 Å². The first kappa shape index (κ1) is 24.5. The van der Waals surface area contributed by atoms with Crippen molar-refractivity contribution in [2.75, 3.05) is 12.4 Å². The Balaban J connectivity index is 1.48. The number of carbonyl (C=O) groups is 2. The highest BCUT2D eigenvalue weighted by Crippen LogP contribution is 2.26. The van der Waals surface area contributed by atoms with Gasteiger partial charge in [-0.1, -0.05) is 40.2 Å². The van der Waals surface area contributed by atoms with Crippen molar-refractivity contribution in [1.82, 2.24) is 5.43 Å². The molecule has 0 radical (unpaired) electrons. The van der Waals surface area contributed by atoms with Crippen LogP contribution in [0.4, 0.5) is 5.69 Å². The summed E-state index contributed by atoms with van der Waals surface area (Å²) in [6.45, 7) is 0.437. The molecule has 170 valence electrons. The van der Waals surface area contributed by atoms with Gasteiger partial charge in [0, 0.05) is 4.47 Å². The van der Waals surface area contributed by atoms with Crippen LogP contribution >= 0.6 is 31.9 Å². The van der Waals surface area contributed by atoms with Crippen LogP contribution < -0.4 is 20.2 Å². The summed E-state index contributed by atoms with van der Waals surface area (Å²) in [5, 5.41) is 6.55. The van der Waals surface area contributed by atoms with Gasteiger partial charge in [-0.15, -0.1) is 0 Å². The number of hydrogen-bond donors (Lipinski definition) is 2. The molecule has 3 aromatic rings. The number of halogens is 2. The Labute approximate surface area is 208 Å². The van der Waals surface area contributed by atoms with Crippen molar-refractivity contribution in [1.29, 1.82) is 0 Å². The topological polar surface area (TPSA) is 89.0 Å². The second-order valence-corrected chi connectivity index (χ2v) is 8.59. The number of nitrogens with one attached hydrogen (secondary N) is 2. The van der Waals surface area contributed by atoms with Gasteiger partial charge in [0.2, 0.25) is 11.8 Å². The van der Waals surface area contributed by atoms with Crippen LogP contribution in [0.5, 0.6) is 11.5 Å². The fraction of sp³-hybridized carbons (Fsp3) is 0.125. The van der Waals surface area contributed by atoms with Crippen LogP contribution in [0.15, 0.2) is 80.8 Å². The van der Waals surface area contributed by atoms with Gasteiger partial charge in [-0.25, -0.2) is 5.43 Å². The molecule has 0 unspecified atom stereocenters. The number of ether oxygens (including phenoxy) is 2. The van der Waals surface area contributed by atoms with Crippen LogP contribution in [0.1, 0.15) is 17.5 Å². The minimum absolute atomic E-state index is 0.373. The number of anilines is 1. The Morgan fingerprint density at radius 3 is 2.45 bits per heavy atom. The zero-order valence-electron chi connectivity index (χ0n) is 17.7. The van der Waals surface area contributed by atoms with E-state index in [2.05, 4.69) is 47.7 Å². The molecule has 0 spiro atoms. The van der Waals surface area contributed by atoms with Gasteiger partial charge in [0.1, 0.15) is 24.5 Å². The predicted octanol–water partition coefficient (Wildman–Crippen LogP) is 5.28. The second kappa shape index (κ2) is 12.2. The lowest BCUT2D eigenvalue weighted by Crippen LogP contribution is -2.24. The number of methoxy groups -OCH3 is 1. The van der Waals surface area contributed by atoms with E-state index in [1.807, 2.05) is 42.5 Å². The van der Waals surface area contributed by atoms with Gasteiger partial charge < -0.3 is 14.8 Å². The number of rotatable bonds is 9. The number of hydrazone groups is 1. The molecule has 2 amide bonds. The van der Waals surface area contributed by atoms with Crippen LogP contribution in [-0.2, 0) is 16.2 Å². The van der Waals surface area contributed by atoms with Crippen molar-refractivity contribution >= 4 is 55.6 Å². The molecule has 0 saturated carbocycles. The molecule has 0 aromatic heterocycles. The predicted molar refractivity (Wildman–Crippen MR) is 135 cm³/mol. The van der Waals surface area contributed by atoms with E-state index in [-0.39, 0.29) is 6.42 Å². The minimum Gasteiger partial charge on any atom is -0.495 e. The number of nitrogens with zero attached hydrogens (tertiary/aromatic N) is 1. The Kier molecular flexibility index (Phi) is 9.03. The third-order valence-corrected chi connectivity index (χ3v) is 5.52. The van der Waals surface area contributed by atoms with Gasteiger partial charge in [0.15, 0.2) is 0 Å². The number of para-hydroxylation sites is 2. The number of carbonyl (C=O) groups excluding carboxylic acids is 2. The van der Waals surface area contributed by atoms with Gasteiger partial charge in [-0.2, -0.15) is 5.10 Å². The molecule has 0 aliphatic carbocycles. The zero-order valence-corrected chi connectivity index (χ0v) is 20.9. The van der Waals surface area contributed by atoms with Gasteiger partial charge in [0.05, 0.1) is 23.5 Å². The van der Waals surface area contributed by atoms with Crippen LogP contribution in [0, 0.1) is 0 Å². The lowest BCUT2D eigenvalue weighted by Gasteiger charge is -2.09. The molecule has 2 N–H and O–H groups in total. The first-order valence-corrected chi connectivity index (χ1v) is 11.4. The second-order valence-electron chi connectivity index (χ2n) is 6.82. The summed E-state index contributed by atoms with van der Waals surface area (Å²) in [6.07, 6.45) is 1.11. The summed E-state index contributed by atoms with van der Waals surface area (Å²) < 4.78 is 12.8. The van der Waals surface area contributed by atoms with Crippen LogP contribution in [0.3, 0.4) is 0 Å². The summed E-state index contributed by atoms with van der Waals surface area (Å²) in [6, 6.07) is 20.3. The van der Waals surface area contributed by atoms with Crippen molar-refractivity contribution in [3.63, 3.8) is 0 Å². The Morgan fingerprint density at radius 1 is 0.970 bits per heavy atom. The van der Waals surface area contributed by atoms with Gasteiger partial charge in [-0.05, 0) is 69.5 Å². The summed E-state index contributed by atoms with van der Waals surface area (Å²) in [4.78, 5) is 24.1. The molecule has 0 bridgehead atoms. The molecule has 33 heavy (non-hydrogen) atoms. The lowest BCUT2D eigenvalue weighted by molar-refractivity contribution is -0.126. The SMILES string of the molecule is COc1ccccc1NC(=O)CC(=O)NN=Cc1ccc(OCc2ccc(Br)cc2)c(Br)c1. The van der Waals surface area contributed by atoms with E-state index in [0.29, 0.717) is 23.8 Å². The number of benzene rings is 3. The van der Waals surface area contributed by atoms with E-state index >= 15 is 0 Å². The summed E-state index contributed by atoms with van der Waals surface area (Å²) in [5.41, 5.74) is 4.64. The molecule has 0 aliphatic rings. The summed E-state index contributed by atoms with van der Waals surface area (Å²) in [7, 11) is 1.51. The Hall–Kier alpha value is -3.17. The monoisotopic (exact) mass is 573 g/mol. The molecule has 7 nitrogen and oxygen atoms in total. The molecule has 0 fully saturated rings. The standard InChI is InChI=1S/C24H21Br2N3O4/c1-32-22-5-3-2-4-20(22)28-23(30)13-24(31)29-27-14-17-8-11-21(19(26)12-17)33-15-16-6-9-18(25)10-7-16/h2-12,14H,13,15H2,1H3,(H,28,30)(H,29,31). The first-order valence-electron chi connectivity index (χ1n) is 9.86. The molecule has 3 rings (SSSR count). The van der Waals surface area contributed by atoms with Crippen molar-refractivity contribution in [2.24, 2.45) is 5.10 Å². The third-order valence-electron chi connectivity index (χ3n) is 4.37. The van der Waals surface area contributed by atoms with E-state index in [1.54, 1.807) is 24.3 Å². The highest BCUT2D eigenvalue weighted by atomic mass is 79.9. The lowest BCUT2D eigenvalue weighted by atomic mass is 10.2. The fourth-order valence-electron chi connectivity index (χ4n) is 2.76. The minimum atomic E-state index is -0.535. The summed E-state index contributed by atoms with van der Waals surface area (Å²) in [5.74, 6) is 0.195. The van der Waals surface area contributed by atoms with Crippen LogP contribution in [-0.4, -0.2) is 25.1 Å². The third kappa shape index (κ3) is 7.73. The van der Waals surface area contributed by atoms with Crippen molar-refractivity contribution in [3.8, 4) is 11.5 Å². The quantitative estimate of drug-likeness (QED) is 0.207. The maximum Gasteiger partial charge on any atom is 0.249 e. The largest absolute Gasteiger partial charge is 0.495 e. The maximum absolute atomic E-state index is 12.1. The van der Waals surface area contributed by atoms with E-state index in [0.717, 1.165) is 20.1 Å². The molecule has 0 aliphatic heterocycles. The highest BCUT2D eigenvalue weighted by Gasteiger charge is 2.11.